The number of hydrogen-bond donors (Lipinski definition) is 1. The van der Waals surface area contributed by atoms with Crippen LogP contribution in [0.4, 0.5) is 0 Å². The van der Waals surface area contributed by atoms with Crippen molar-refractivity contribution >= 4 is 0 Å². The van der Waals surface area contributed by atoms with Gasteiger partial charge in [-0.3, -0.25) is 4.98 Å². The third-order valence-electron chi connectivity index (χ3n) is 3.43. The summed E-state index contributed by atoms with van der Waals surface area (Å²) in [6.45, 7) is 3.46. The minimum Gasteiger partial charge on any atom is -0.486 e. The molecule has 104 valence electrons. The smallest absolute Gasteiger partial charge is 0.161 e. The van der Waals surface area contributed by atoms with Crippen molar-refractivity contribution in [3.05, 3.63) is 54.4 Å². The Morgan fingerprint density at radius 3 is 2.75 bits per heavy atom. The zero-order chi connectivity index (χ0) is 13.8. The minimum atomic E-state index is 0.0363. The van der Waals surface area contributed by atoms with Crippen molar-refractivity contribution in [2.24, 2.45) is 0 Å². The van der Waals surface area contributed by atoms with Gasteiger partial charge in [-0.15, -0.1) is 0 Å². The summed E-state index contributed by atoms with van der Waals surface area (Å²) in [6.07, 6.45) is 3.66. The van der Waals surface area contributed by atoms with Crippen LogP contribution in [0.25, 0.3) is 0 Å². The summed E-state index contributed by atoms with van der Waals surface area (Å²) < 4.78 is 11.6. The molecule has 0 saturated carbocycles. The molecule has 0 unspecified atom stereocenters. The van der Waals surface area contributed by atoms with Crippen molar-refractivity contribution in [2.45, 2.75) is 19.1 Å². The average molecular weight is 270 g/mol. The molecule has 1 N–H and O–H groups in total. The molecule has 0 bridgehead atoms. The van der Waals surface area contributed by atoms with Crippen LogP contribution in [0, 0.1) is 0 Å². The number of ether oxygens (including phenoxy) is 2. The van der Waals surface area contributed by atoms with Crippen LogP contribution in [0.3, 0.4) is 0 Å². The molecule has 0 fully saturated rings. The molecule has 1 aromatic carbocycles. The van der Waals surface area contributed by atoms with Crippen LogP contribution in [-0.4, -0.2) is 24.2 Å². The molecular weight excluding hydrogens is 252 g/mol. The van der Waals surface area contributed by atoms with E-state index in [1.807, 2.05) is 48.8 Å². The van der Waals surface area contributed by atoms with Gasteiger partial charge < -0.3 is 14.8 Å². The second kappa shape index (κ2) is 5.92. The van der Waals surface area contributed by atoms with Crippen LogP contribution in [0.2, 0.25) is 0 Å². The maximum Gasteiger partial charge on any atom is 0.161 e. The molecule has 1 aromatic heterocycles. The number of nitrogens with zero attached hydrogens (tertiary/aromatic N) is 1. The number of aromatic nitrogens is 1. The quantitative estimate of drug-likeness (QED) is 0.927. The second-order valence-electron chi connectivity index (χ2n) is 4.91. The molecule has 1 aliphatic rings. The summed E-state index contributed by atoms with van der Waals surface area (Å²) in [5.41, 5.74) is 1.22. The van der Waals surface area contributed by atoms with E-state index in [2.05, 4.69) is 17.2 Å². The van der Waals surface area contributed by atoms with Gasteiger partial charge >= 0.3 is 0 Å². The molecule has 4 heteroatoms. The highest BCUT2D eigenvalue weighted by Crippen LogP contribution is 2.30. The van der Waals surface area contributed by atoms with E-state index in [-0.39, 0.29) is 12.1 Å². The molecule has 0 saturated heterocycles. The Hall–Kier alpha value is -2.07. The van der Waals surface area contributed by atoms with Crippen LogP contribution in [0.1, 0.15) is 18.5 Å². The summed E-state index contributed by atoms with van der Waals surface area (Å²) in [5, 5.41) is 3.47. The Labute approximate surface area is 118 Å². The minimum absolute atomic E-state index is 0.0363. The van der Waals surface area contributed by atoms with Crippen molar-refractivity contribution in [3.63, 3.8) is 0 Å². The Morgan fingerprint density at radius 1 is 1.20 bits per heavy atom. The van der Waals surface area contributed by atoms with Crippen molar-refractivity contribution in [2.75, 3.05) is 13.2 Å². The van der Waals surface area contributed by atoms with E-state index in [1.165, 1.54) is 5.56 Å². The van der Waals surface area contributed by atoms with Crippen LogP contribution >= 0.6 is 0 Å². The van der Waals surface area contributed by atoms with Gasteiger partial charge in [0, 0.05) is 25.0 Å². The molecule has 0 aliphatic carbocycles. The van der Waals surface area contributed by atoms with Gasteiger partial charge in [0.05, 0.1) is 0 Å². The Morgan fingerprint density at radius 2 is 1.95 bits per heavy atom. The Bertz CT molecular complexity index is 559. The summed E-state index contributed by atoms with van der Waals surface area (Å²) >= 11 is 0. The van der Waals surface area contributed by atoms with Gasteiger partial charge in [-0.25, -0.2) is 0 Å². The number of benzene rings is 1. The molecule has 0 amide bonds. The topological polar surface area (TPSA) is 43.4 Å². The molecule has 20 heavy (non-hydrogen) atoms. The van der Waals surface area contributed by atoms with Gasteiger partial charge in [0.1, 0.15) is 12.7 Å². The number of hydrogen-bond acceptors (Lipinski definition) is 4. The van der Waals surface area contributed by atoms with Crippen molar-refractivity contribution < 1.29 is 9.47 Å². The van der Waals surface area contributed by atoms with Gasteiger partial charge in [-0.1, -0.05) is 12.1 Å². The summed E-state index contributed by atoms with van der Waals surface area (Å²) in [4.78, 5) is 4.03. The lowest BCUT2D eigenvalue weighted by molar-refractivity contribution is 0.0886. The third-order valence-corrected chi connectivity index (χ3v) is 3.43. The summed E-state index contributed by atoms with van der Waals surface area (Å²) in [7, 11) is 0. The van der Waals surface area contributed by atoms with E-state index < -0.39 is 0 Å². The SMILES string of the molecule is C[C@@H](NC[C@@H]1COc2ccccc2O1)c1ccncc1. The molecule has 4 nitrogen and oxygen atoms in total. The van der Waals surface area contributed by atoms with Gasteiger partial charge in [0.25, 0.3) is 0 Å². The van der Waals surface area contributed by atoms with Crippen molar-refractivity contribution in [1.29, 1.82) is 0 Å². The molecular formula is C16H18N2O2. The highest BCUT2D eigenvalue weighted by molar-refractivity contribution is 5.40. The number of para-hydroxylation sites is 2. The summed E-state index contributed by atoms with van der Waals surface area (Å²) in [6, 6.07) is 12.1. The Balaban J connectivity index is 1.55. The van der Waals surface area contributed by atoms with E-state index in [0.29, 0.717) is 6.61 Å². The fourth-order valence-electron chi connectivity index (χ4n) is 2.24. The first-order chi connectivity index (χ1) is 9.83. The van der Waals surface area contributed by atoms with Gasteiger partial charge in [-0.05, 0) is 36.8 Å². The zero-order valence-corrected chi connectivity index (χ0v) is 11.5. The van der Waals surface area contributed by atoms with Gasteiger partial charge in [-0.2, -0.15) is 0 Å². The number of fused-ring (bicyclic) bond motifs is 1. The zero-order valence-electron chi connectivity index (χ0n) is 11.5. The molecule has 0 spiro atoms. The number of rotatable bonds is 4. The molecule has 3 rings (SSSR count). The lowest BCUT2D eigenvalue weighted by atomic mass is 10.1. The standard InChI is InChI=1S/C16H18N2O2/c1-12(13-6-8-17-9-7-13)18-10-14-11-19-15-4-2-3-5-16(15)20-14/h2-9,12,14,18H,10-11H2,1H3/t12-,14-/m1/s1. The van der Waals surface area contributed by atoms with E-state index in [0.717, 1.165) is 18.0 Å². The van der Waals surface area contributed by atoms with Gasteiger partial charge in [0.2, 0.25) is 0 Å². The van der Waals surface area contributed by atoms with E-state index in [4.69, 9.17) is 9.47 Å². The van der Waals surface area contributed by atoms with Crippen LogP contribution < -0.4 is 14.8 Å². The van der Waals surface area contributed by atoms with Crippen LogP contribution in [-0.2, 0) is 0 Å². The lowest BCUT2D eigenvalue weighted by Gasteiger charge is -2.27. The van der Waals surface area contributed by atoms with Crippen molar-refractivity contribution in [1.82, 2.24) is 10.3 Å². The molecule has 2 atom stereocenters. The predicted octanol–water partition coefficient (Wildman–Crippen LogP) is 2.57. The largest absolute Gasteiger partial charge is 0.486 e. The maximum absolute atomic E-state index is 5.92. The number of nitrogens with one attached hydrogen (secondary N) is 1. The van der Waals surface area contributed by atoms with E-state index in [1.54, 1.807) is 0 Å². The van der Waals surface area contributed by atoms with E-state index in [9.17, 15) is 0 Å². The first-order valence-electron chi connectivity index (χ1n) is 6.85. The fourth-order valence-corrected chi connectivity index (χ4v) is 2.24. The fraction of sp³-hybridized carbons (Fsp3) is 0.312. The predicted molar refractivity (Wildman–Crippen MR) is 77.0 cm³/mol. The molecule has 0 radical (unpaired) electrons. The first kappa shape index (κ1) is 12.9. The number of pyridine rings is 1. The lowest BCUT2D eigenvalue weighted by Crippen LogP contribution is -2.39. The summed E-state index contributed by atoms with van der Waals surface area (Å²) in [5.74, 6) is 1.65. The maximum atomic E-state index is 5.92. The molecule has 2 heterocycles. The highest BCUT2D eigenvalue weighted by Gasteiger charge is 2.20. The monoisotopic (exact) mass is 270 g/mol. The van der Waals surface area contributed by atoms with Gasteiger partial charge in [0.15, 0.2) is 11.5 Å². The van der Waals surface area contributed by atoms with E-state index >= 15 is 0 Å². The second-order valence-corrected chi connectivity index (χ2v) is 4.91. The molecule has 1 aliphatic heterocycles. The highest BCUT2D eigenvalue weighted by atomic mass is 16.6. The average Bonchev–Trinajstić information content (AvgIpc) is 2.53. The third kappa shape index (κ3) is 2.91. The van der Waals surface area contributed by atoms with Crippen LogP contribution in [0.15, 0.2) is 48.8 Å². The van der Waals surface area contributed by atoms with Crippen molar-refractivity contribution in [3.8, 4) is 11.5 Å². The Kier molecular flexibility index (Phi) is 3.83. The molecule has 2 aromatic rings. The van der Waals surface area contributed by atoms with Crippen LogP contribution in [0.5, 0.6) is 11.5 Å². The first-order valence-corrected chi connectivity index (χ1v) is 6.85. The normalized spacial score (nSPS) is 18.6.